The van der Waals surface area contributed by atoms with Crippen LogP contribution in [0.3, 0.4) is 0 Å². The third-order valence-electron chi connectivity index (χ3n) is 4.40. The zero-order valence-corrected chi connectivity index (χ0v) is 17.5. The van der Waals surface area contributed by atoms with Crippen LogP contribution in [-0.4, -0.2) is 58.2 Å². The quantitative estimate of drug-likeness (QED) is 0.582. The number of carboxylic acid groups (broad SMARTS) is 2. The number of benzene rings is 1. The van der Waals surface area contributed by atoms with E-state index in [0.717, 1.165) is 54.2 Å². The van der Waals surface area contributed by atoms with E-state index in [0.29, 0.717) is 0 Å². The number of thiophene rings is 1. The molecule has 158 valence electrons. The van der Waals surface area contributed by atoms with Crippen molar-refractivity contribution in [1.29, 1.82) is 0 Å². The number of rotatable bonds is 4. The summed E-state index contributed by atoms with van der Waals surface area (Å²) in [7, 11) is 0. The van der Waals surface area contributed by atoms with Crippen LogP contribution in [0.25, 0.3) is 10.8 Å². The summed E-state index contributed by atoms with van der Waals surface area (Å²) < 4.78 is 5.60. The van der Waals surface area contributed by atoms with Gasteiger partial charge < -0.3 is 19.5 Å². The van der Waals surface area contributed by atoms with Crippen molar-refractivity contribution < 1.29 is 24.2 Å². The molecule has 4 rings (SSSR count). The predicted molar refractivity (Wildman–Crippen MR) is 114 cm³/mol. The van der Waals surface area contributed by atoms with E-state index in [1.165, 1.54) is 5.69 Å². The van der Waals surface area contributed by atoms with E-state index in [1.807, 2.05) is 35.7 Å². The summed E-state index contributed by atoms with van der Waals surface area (Å²) in [4.78, 5) is 28.7. The smallest absolute Gasteiger partial charge is 0.414 e. The molecule has 1 aliphatic rings. The van der Waals surface area contributed by atoms with Crippen LogP contribution in [0, 0.1) is 0 Å². The summed E-state index contributed by atoms with van der Waals surface area (Å²) in [6.07, 6.45) is 1.78. The molecule has 3 heterocycles. The van der Waals surface area contributed by atoms with Crippen molar-refractivity contribution in [2.45, 2.75) is 6.54 Å². The Kier molecular flexibility index (Phi) is 7.45. The summed E-state index contributed by atoms with van der Waals surface area (Å²) in [5.74, 6) is -2.93. The van der Waals surface area contributed by atoms with E-state index in [4.69, 9.17) is 35.8 Å². The summed E-state index contributed by atoms with van der Waals surface area (Å²) in [5, 5.41) is 17.6. The van der Waals surface area contributed by atoms with Gasteiger partial charge in [0, 0.05) is 43.4 Å². The second-order valence-corrected chi connectivity index (χ2v) is 7.86. The number of anilines is 1. The van der Waals surface area contributed by atoms with Crippen molar-refractivity contribution in [3.63, 3.8) is 0 Å². The largest absolute Gasteiger partial charge is 0.473 e. The number of carbonyl (C=O) groups is 2. The molecule has 0 radical (unpaired) electrons. The number of aromatic nitrogens is 1. The molecule has 2 aromatic heterocycles. The number of piperazine rings is 1. The summed E-state index contributed by atoms with van der Waals surface area (Å²) in [6.45, 7) is 4.84. The van der Waals surface area contributed by atoms with Crippen molar-refractivity contribution in [3.8, 4) is 10.8 Å². The maximum atomic E-state index is 9.10. The first-order valence-corrected chi connectivity index (χ1v) is 10.4. The molecule has 0 saturated carbocycles. The molecule has 0 spiro atoms. The van der Waals surface area contributed by atoms with Gasteiger partial charge in [-0.2, -0.15) is 0 Å². The number of halogens is 1. The minimum absolute atomic E-state index is 0.720. The van der Waals surface area contributed by atoms with Crippen LogP contribution in [0.4, 0.5) is 5.69 Å². The second-order valence-electron chi connectivity index (χ2n) is 6.47. The molecule has 2 N–H and O–H groups in total. The Labute approximate surface area is 181 Å². The molecule has 1 aliphatic heterocycles. The van der Waals surface area contributed by atoms with Crippen LogP contribution in [0.15, 0.2) is 52.5 Å². The van der Waals surface area contributed by atoms with Crippen LogP contribution >= 0.6 is 22.9 Å². The predicted octanol–water partition coefficient (Wildman–Crippen LogP) is 3.53. The van der Waals surface area contributed by atoms with Crippen LogP contribution in [0.2, 0.25) is 5.02 Å². The summed E-state index contributed by atoms with van der Waals surface area (Å²) in [6, 6.07) is 12.1. The molecule has 10 heteroatoms. The van der Waals surface area contributed by atoms with Gasteiger partial charge in [0.25, 0.3) is 0 Å². The van der Waals surface area contributed by atoms with Crippen molar-refractivity contribution >= 4 is 40.6 Å². The van der Waals surface area contributed by atoms with E-state index in [-0.39, 0.29) is 0 Å². The Hall–Kier alpha value is -2.88. The van der Waals surface area contributed by atoms with Gasteiger partial charge in [-0.15, -0.1) is 11.3 Å². The number of hydrogen-bond donors (Lipinski definition) is 2. The second kappa shape index (κ2) is 10.2. The molecular formula is C20H20ClN3O5S. The SMILES string of the molecule is Clc1cccc(N2CCN(Cc3coc(-c4cccs4)n3)CC2)c1.O=C(O)C(=O)O. The van der Waals surface area contributed by atoms with E-state index in [9.17, 15) is 0 Å². The Balaban J connectivity index is 0.000000377. The van der Waals surface area contributed by atoms with Gasteiger partial charge in [0.1, 0.15) is 6.26 Å². The fraction of sp³-hybridized carbons (Fsp3) is 0.250. The molecule has 8 nitrogen and oxygen atoms in total. The topological polar surface area (TPSA) is 107 Å². The van der Waals surface area contributed by atoms with Crippen molar-refractivity contribution in [2.75, 3.05) is 31.1 Å². The van der Waals surface area contributed by atoms with Crippen LogP contribution < -0.4 is 4.90 Å². The average molecular weight is 450 g/mol. The first kappa shape index (κ1) is 21.8. The Bertz CT molecular complexity index is 972. The number of hydrogen-bond acceptors (Lipinski definition) is 7. The van der Waals surface area contributed by atoms with E-state index in [1.54, 1.807) is 17.6 Å². The molecule has 30 heavy (non-hydrogen) atoms. The maximum absolute atomic E-state index is 9.10. The van der Waals surface area contributed by atoms with Gasteiger partial charge >= 0.3 is 11.9 Å². The molecule has 3 aromatic rings. The Morgan fingerprint density at radius 3 is 2.43 bits per heavy atom. The number of aliphatic carboxylic acids is 2. The standard InChI is InChI=1S/C18H18ClN3OS.C2H2O4/c19-14-3-1-4-16(11-14)22-8-6-21(7-9-22)12-15-13-23-18(20-15)17-5-2-10-24-17;3-1(4)2(5)6/h1-5,10-11,13H,6-9,12H2;(H,3,4)(H,5,6). The lowest BCUT2D eigenvalue weighted by atomic mass is 10.2. The van der Waals surface area contributed by atoms with E-state index < -0.39 is 11.9 Å². The van der Waals surface area contributed by atoms with Gasteiger partial charge in [-0.1, -0.05) is 23.7 Å². The zero-order valence-electron chi connectivity index (χ0n) is 15.9. The molecule has 0 bridgehead atoms. The molecule has 0 unspecified atom stereocenters. The highest BCUT2D eigenvalue weighted by molar-refractivity contribution is 7.13. The first-order chi connectivity index (χ1) is 14.4. The van der Waals surface area contributed by atoms with Crippen molar-refractivity contribution in [3.05, 3.63) is 58.8 Å². The van der Waals surface area contributed by atoms with Crippen molar-refractivity contribution in [2.24, 2.45) is 0 Å². The van der Waals surface area contributed by atoms with E-state index in [2.05, 4.69) is 20.9 Å². The highest BCUT2D eigenvalue weighted by atomic mass is 35.5. The lowest BCUT2D eigenvalue weighted by molar-refractivity contribution is -0.159. The highest BCUT2D eigenvalue weighted by Crippen LogP contribution is 2.25. The van der Waals surface area contributed by atoms with Gasteiger partial charge in [-0.05, 0) is 29.6 Å². The molecule has 1 fully saturated rings. The fourth-order valence-corrected chi connectivity index (χ4v) is 3.80. The lowest BCUT2D eigenvalue weighted by Crippen LogP contribution is -2.46. The molecule has 0 aliphatic carbocycles. The molecule has 1 aromatic carbocycles. The minimum atomic E-state index is -1.82. The third-order valence-corrected chi connectivity index (χ3v) is 5.49. The van der Waals surface area contributed by atoms with Gasteiger partial charge in [0.05, 0.1) is 10.6 Å². The number of nitrogens with zero attached hydrogens (tertiary/aromatic N) is 3. The highest BCUT2D eigenvalue weighted by Gasteiger charge is 2.19. The Morgan fingerprint density at radius 1 is 1.10 bits per heavy atom. The monoisotopic (exact) mass is 449 g/mol. The molecule has 0 amide bonds. The first-order valence-electron chi connectivity index (χ1n) is 9.09. The third kappa shape index (κ3) is 6.06. The number of oxazole rings is 1. The van der Waals surface area contributed by atoms with Gasteiger partial charge in [-0.3, -0.25) is 4.90 Å². The molecule has 1 saturated heterocycles. The van der Waals surface area contributed by atoms with Gasteiger partial charge in [0.2, 0.25) is 5.89 Å². The maximum Gasteiger partial charge on any atom is 0.414 e. The van der Waals surface area contributed by atoms with Crippen LogP contribution in [0.1, 0.15) is 5.69 Å². The summed E-state index contributed by atoms with van der Waals surface area (Å²) in [5.41, 5.74) is 2.19. The van der Waals surface area contributed by atoms with Crippen molar-refractivity contribution in [1.82, 2.24) is 9.88 Å². The van der Waals surface area contributed by atoms with E-state index >= 15 is 0 Å². The Morgan fingerprint density at radius 2 is 1.83 bits per heavy atom. The summed E-state index contributed by atoms with van der Waals surface area (Å²) >= 11 is 7.74. The minimum Gasteiger partial charge on any atom is -0.473 e. The van der Waals surface area contributed by atoms with Gasteiger partial charge in [0.15, 0.2) is 0 Å². The zero-order chi connectivity index (χ0) is 21.5. The average Bonchev–Trinajstić information content (AvgIpc) is 3.41. The fourth-order valence-electron chi connectivity index (χ4n) is 2.96. The number of carboxylic acids is 2. The lowest BCUT2D eigenvalue weighted by Gasteiger charge is -2.35. The molecule has 0 atom stereocenters. The molecular weight excluding hydrogens is 430 g/mol. The normalized spacial score (nSPS) is 14.1. The van der Waals surface area contributed by atoms with Crippen LogP contribution in [0.5, 0.6) is 0 Å². The van der Waals surface area contributed by atoms with Gasteiger partial charge in [-0.25, -0.2) is 14.6 Å². The van der Waals surface area contributed by atoms with Crippen LogP contribution in [-0.2, 0) is 16.1 Å².